The first-order valence-corrected chi connectivity index (χ1v) is 5.83. The summed E-state index contributed by atoms with van der Waals surface area (Å²) in [6.07, 6.45) is 3.15. The van der Waals surface area contributed by atoms with Crippen LogP contribution in [-0.2, 0) is 10.8 Å². The third kappa shape index (κ3) is 1.87. The van der Waals surface area contributed by atoms with E-state index in [0.29, 0.717) is 5.75 Å². The number of hydrogen-bond acceptors (Lipinski definition) is 4. The zero-order chi connectivity index (χ0) is 11.1. The topological polar surface area (TPSA) is 75.3 Å². The van der Waals surface area contributed by atoms with E-state index in [2.05, 4.69) is 9.79 Å². The molecule has 1 atom stereocenters. The summed E-state index contributed by atoms with van der Waals surface area (Å²) in [6.45, 7) is 3.92. The summed E-state index contributed by atoms with van der Waals surface area (Å²) < 4.78 is 16.0. The highest BCUT2D eigenvalue weighted by Gasteiger charge is 2.30. The lowest BCUT2D eigenvalue weighted by atomic mass is 10.1. The minimum atomic E-state index is -0.938. The first kappa shape index (κ1) is 10.2. The molecule has 15 heavy (non-hydrogen) atoms. The van der Waals surface area contributed by atoms with Gasteiger partial charge in [-0.1, -0.05) is 18.6 Å². The van der Waals surface area contributed by atoms with Gasteiger partial charge in [0.1, 0.15) is 0 Å². The second-order valence-electron chi connectivity index (χ2n) is 3.95. The van der Waals surface area contributed by atoms with E-state index in [9.17, 15) is 4.21 Å². The molecule has 7 heteroatoms. The van der Waals surface area contributed by atoms with Gasteiger partial charge in [0.05, 0.1) is 0 Å². The van der Waals surface area contributed by atoms with E-state index in [0.717, 1.165) is 0 Å². The van der Waals surface area contributed by atoms with Gasteiger partial charge in [0.2, 0.25) is 0 Å². The fourth-order valence-corrected chi connectivity index (χ4v) is 2.65. The monoisotopic (exact) mass is 228 g/mol. The molecular weight excluding hydrogens is 216 g/mol. The van der Waals surface area contributed by atoms with Crippen LogP contribution in [0.2, 0.25) is 0 Å². The van der Waals surface area contributed by atoms with Gasteiger partial charge in [-0.25, -0.2) is 5.01 Å². The van der Waals surface area contributed by atoms with Crippen molar-refractivity contribution in [2.45, 2.75) is 19.4 Å². The van der Waals surface area contributed by atoms with Crippen molar-refractivity contribution in [2.75, 3.05) is 10.8 Å². The van der Waals surface area contributed by atoms with Gasteiger partial charge in [-0.2, -0.15) is 0 Å². The molecule has 0 saturated carbocycles. The maximum Gasteiger partial charge on any atom is 0.286 e. The number of aromatic nitrogens is 2. The Morgan fingerprint density at radius 2 is 2.47 bits per heavy atom. The zero-order valence-corrected chi connectivity index (χ0v) is 9.32. The van der Waals surface area contributed by atoms with E-state index >= 15 is 0 Å². The van der Waals surface area contributed by atoms with E-state index in [4.69, 9.17) is 5.41 Å². The highest BCUT2D eigenvalue weighted by molar-refractivity contribution is 7.88. The van der Waals surface area contributed by atoms with Crippen LogP contribution in [0.15, 0.2) is 22.3 Å². The van der Waals surface area contributed by atoms with E-state index < -0.39 is 10.8 Å². The summed E-state index contributed by atoms with van der Waals surface area (Å²) in [7, 11) is -0.938. The largest absolute Gasteiger partial charge is 0.380 e. The minimum absolute atomic E-state index is 0.00843. The van der Waals surface area contributed by atoms with Crippen LogP contribution in [0, 0.1) is 5.41 Å². The van der Waals surface area contributed by atoms with Crippen molar-refractivity contribution < 1.29 is 13.5 Å². The Hall–Kier alpha value is -1.37. The van der Waals surface area contributed by atoms with Crippen LogP contribution in [0.25, 0.3) is 0 Å². The Kier molecular flexibility index (Phi) is 2.26. The van der Waals surface area contributed by atoms with Gasteiger partial charge in [-0.05, 0) is 11.5 Å². The van der Waals surface area contributed by atoms with E-state index in [1.807, 2.05) is 13.8 Å². The van der Waals surface area contributed by atoms with Crippen molar-refractivity contribution in [3.63, 3.8) is 0 Å². The second-order valence-corrected chi connectivity index (χ2v) is 5.28. The molecule has 2 heterocycles. The number of nitrogens with one attached hydrogen (secondary N) is 1. The van der Waals surface area contributed by atoms with Crippen molar-refractivity contribution in [1.29, 1.82) is 5.41 Å². The first-order chi connectivity index (χ1) is 6.99. The van der Waals surface area contributed by atoms with Crippen molar-refractivity contribution in [1.82, 2.24) is 5.27 Å². The molecule has 1 aromatic rings. The van der Waals surface area contributed by atoms with E-state index in [1.54, 1.807) is 16.6 Å². The van der Waals surface area contributed by atoms with Crippen LogP contribution in [-0.4, -0.2) is 15.5 Å². The van der Waals surface area contributed by atoms with Crippen molar-refractivity contribution >= 4 is 10.8 Å². The Morgan fingerprint density at radius 3 is 3.00 bits per heavy atom. The number of nitrogens with zero attached hydrogens (tertiary/aromatic N) is 3. The molecule has 82 valence electrons. The lowest BCUT2D eigenvalue weighted by Crippen LogP contribution is -2.68. The maximum absolute atomic E-state index is 11.4. The summed E-state index contributed by atoms with van der Waals surface area (Å²) in [5, 5.41) is 14.3. The summed E-state index contributed by atoms with van der Waals surface area (Å²) >= 11 is 0. The highest BCUT2D eigenvalue weighted by Crippen LogP contribution is 2.16. The van der Waals surface area contributed by atoms with Gasteiger partial charge in [0, 0.05) is 27.5 Å². The van der Waals surface area contributed by atoms with Gasteiger partial charge in [-0.3, -0.25) is 9.62 Å². The van der Waals surface area contributed by atoms with Gasteiger partial charge in [0.15, 0.2) is 0 Å². The molecule has 0 aromatic carbocycles. The highest BCUT2D eigenvalue weighted by atomic mass is 32.2. The zero-order valence-electron chi connectivity index (χ0n) is 8.51. The Bertz CT molecular complexity index is 473. The molecule has 0 bridgehead atoms. The molecule has 1 aromatic heterocycles. The lowest BCUT2D eigenvalue weighted by molar-refractivity contribution is -0.763. The smallest absolute Gasteiger partial charge is 0.286 e. The summed E-state index contributed by atoms with van der Waals surface area (Å²) in [5.74, 6) is 0.524. The Balaban J connectivity index is 2.40. The summed E-state index contributed by atoms with van der Waals surface area (Å²) in [4.78, 5) is 1.44. The molecule has 0 amide bonds. The van der Waals surface area contributed by atoms with Crippen LogP contribution < -0.4 is 20.6 Å². The fourth-order valence-electron chi connectivity index (χ4n) is 1.47. The molecule has 1 unspecified atom stereocenters. The molecule has 1 aliphatic rings. The third-order valence-corrected chi connectivity index (χ3v) is 3.56. The molecule has 0 radical (unpaired) electrons. The fraction of sp³-hybridized carbons (Fsp3) is 0.500. The molecule has 6 nitrogen and oxygen atoms in total. The third-order valence-electron chi connectivity index (χ3n) is 2.15. The average molecular weight is 228 g/mol. The molecular formula is C8H12N4O2S. The average Bonchev–Trinajstić information content (AvgIpc) is 2.49. The summed E-state index contributed by atoms with van der Waals surface area (Å²) in [6, 6.07) is 0. The van der Waals surface area contributed by atoms with Gasteiger partial charge in [0.25, 0.3) is 11.8 Å². The molecule has 0 fully saturated rings. The molecule has 1 N–H and O–H groups in total. The number of rotatable bonds is 1. The quantitative estimate of drug-likeness (QED) is 0.623. The maximum atomic E-state index is 11.4. The predicted octanol–water partition coefficient (Wildman–Crippen LogP) is -1.05. The van der Waals surface area contributed by atoms with Crippen molar-refractivity contribution in [2.24, 2.45) is 0 Å². The van der Waals surface area contributed by atoms with Crippen LogP contribution in [0.5, 0.6) is 0 Å². The standard InChI is InChI=1S/C8H12N4O2S/c1-8(2)6-15(13)4-3-11(8)12-5-7(9)14-10-12/h3-5,9H,6H2,1-2H3. The lowest BCUT2D eigenvalue weighted by Gasteiger charge is -2.38. The normalized spacial score (nSPS) is 24.4. The van der Waals surface area contributed by atoms with Crippen LogP contribution >= 0.6 is 0 Å². The van der Waals surface area contributed by atoms with Crippen LogP contribution in [0.1, 0.15) is 13.8 Å². The minimum Gasteiger partial charge on any atom is -0.380 e. The number of hydrogen-bond donors (Lipinski definition) is 1. The van der Waals surface area contributed by atoms with Crippen LogP contribution in [0.3, 0.4) is 0 Å². The van der Waals surface area contributed by atoms with Gasteiger partial charge < -0.3 is 4.52 Å². The van der Waals surface area contributed by atoms with Crippen molar-refractivity contribution in [3.05, 3.63) is 23.4 Å². The predicted molar refractivity (Wildman–Crippen MR) is 52.5 cm³/mol. The Morgan fingerprint density at radius 1 is 1.73 bits per heavy atom. The molecule has 0 saturated heterocycles. The molecule has 2 rings (SSSR count). The van der Waals surface area contributed by atoms with E-state index in [1.165, 1.54) is 11.0 Å². The molecule has 0 aliphatic carbocycles. The molecule has 1 aliphatic heterocycles. The van der Waals surface area contributed by atoms with E-state index in [-0.39, 0.29) is 11.1 Å². The first-order valence-electron chi connectivity index (χ1n) is 4.44. The Labute approximate surface area is 89.1 Å². The summed E-state index contributed by atoms with van der Waals surface area (Å²) in [5.41, 5.74) is -0.320. The van der Waals surface area contributed by atoms with Crippen LogP contribution in [0.4, 0.5) is 0 Å². The van der Waals surface area contributed by atoms with Gasteiger partial charge in [-0.15, -0.1) is 0 Å². The van der Waals surface area contributed by atoms with Crippen molar-refractivity contribution in [3.8, 4) is 0 Å². The molecule has 0 spiro atoms. The SMILES string of the molecule is CC1(C)CS(=O)C=CN1[n+]1cc(=N)o[n-]1. The van der Waals surface area contributed by atoms with Gasteiger partial charge >= 0.3 is 0 Å². The second kappa shape index (κ2) is 3.34.